The zero-order valence-electron chi connectivity index (χ0n) is 29.4. The number of nitrogens with one attached hydrogen (secondary N) is 1. The van der Waals surface area contributed by atoms with Crippen LogP contribution in [0.2, 0.25) is 0 Å². The van der Waals surface area contributed by atoms with Gasteiger partial charge in [0.2, 0.25) is 0 Å². The number of aromatic nitrogens is 3. The molecule has 0 aliphatic carbocycles. The Labute approximate surface area is 313 Å². The van der Waals surface area contributed by atoms with Crippen molar-refractivity contribution in [3.05, 3.63) is 200 Å². The SMILES string of the molecule is C1=CNC(c2cc(-c3cc(-c4ccccc4)cc(-c4nc(-c5cccc6ccccc56)c5ccc6ccccc6c5n4)c3)cc(-c3ccccn3)c2)C=C1. The van der Waals surface area contributed by atoms with Gasteiger partial charge < -0.3 is 5.32 Å². The molecule has 7 aromatic carbocycles. The fraction of sp³-hybridized carbons (Fsp3) is 0.0200. The third-order valence-corrected chi connectivity index (χ3v) is 10.3. The lowest BCUT2D eigenvalue weighted by molar-refractivity contribution is 0.747. The Kier molecular flexibility index (Phi) is 7.85. The normalized spacial score (nSPS) is 13.7. The molecule has 0 radical (unpaired) electrons. The summed E-state index contributed by atoms with van der Waals surface area (Å²) >= 11 is 0. The van der Waals surface area contributed by atoms with E-state index in [1.54, 1.807) is 0 Å². The predicted molar refractivity (Wildman–Crippen MR) is 224 cm³/mol. The van der Waals surface area contributed by atoms with E-state index in [4.69, 9.17) is 15.0 Å². The second kappa shape index (κ2) is 13.4. The Balaban J connectivity index is 1.24. The zero-order chi connectivity index (χ0) is 35.8. The van der Waals surface area contributed by atoms with Crippen LogP contribution in [0.3, 0.4) is 0 Å². The van der Waals surface area contributed by atoms with E-state index >= 15 is 0 Å². The highest BCUT2D eigenvalue weighted by Crippen LogP contribution is 2.39. The van der Waals surface area contributed by atoms with Crippen molar-refractivity contribution >= 4 is 32.4 Å². The standard InChI is InChI=1S/C50H34N4/c1-2-13-33(14-3-1)36-27-37(38-28-39(46-21-8-10-25-51-46)32-40(29-38)47-22-9-11-26-52-47)31-41(30-36)50-53-48-43-19-7-5-16-35(43)23-24-45(48)49(54-50)44-20-12-17-34-15-4-6-18-42(34)44/h1-32,46,51H. The summed E-state index contributed by atoms with van der Waals surface area (Å²) in [7, 11) is 0. The average Bonchev–Trinajstić information content (AvgIpc) is 3.26. The van der Waals surface area contributed by atoms with Gasteiger partial charge in [-0.1, -0.05) is 121 Å². The van der Waals surface area contributed by atoms with Gasteiger partial charge in [-0.05, 0) is 111 Å². The van der Waals surface area contributed by atoms with Gasteiger partial charge in [-0.3, -0.25) is 4.98 Å². The van der Waals surface area contributed by atoms with Crippen LogP contribution in [-0.2, 0) is 0 Å². The minimum atomic E-state index is 0.0366. The number of allylic oxidation sites excluding steroid dienone is 2. The summed E-state index contributed by atoms with van der Waals surface area (Å²) in [4.78, 5) is 15.6. The van der Waals surface area contributed by atoms with Crippen LogP contribution in [-0.4, -0.2) is 15.0 Å². The van der Waals surface area contributed by atoms with E-state index < -0.39 is 0 Å². The van der Waals surface area contributed by atoms with Crippen molar-refractivity contribution in [1.29, 1.82) is 0 Å². The summed E-state index contributed by atoms with van der Waals surface area (Å²) in [6.07, 6.45) is 10.2. The van der Waals surface area contributed by atoms with Crippen LogP contribution in [0.5, 0.6) is 0 Å². The molecule has 0 bridgehead atoms. The number of pyridine rings is 1. The van der Waals surface area contributed by atoms with Crippen LogP contribution in [0, 0.1) is 0 Å². The number of nitrogens with zero attached hydrogens (tertiary/aromatic N) is 3. The quantitative estimate of drug-likeness (QED) is 0.176. The fourth-order valence-corrected chi connectivity index (χ4v) is 7.68. The van der Waals surface area contributed by atoms with Gasteiger partial charge in [0.1, 0.15) is 0 Å². The van der Waals surface area contributed by atoms with Gasteiger partial charge in [0.25, 0.3) is 0 Å². The first-order valence-corrected chi connectivity index (χ1v) is 18.3. The summed E-state index contributed by atoms with van der Waals surface area (Å²) in [5.41, 5.74) is 11.5. The van der Waals surface area contributed by atoms with Crippen molar-refractivity contribution < 1.29 is 0 Å². The minimum absolute atomic E-state index is 0.0366. The third kappa shape index (κ3) is 5.80. The largest absolute Gasteiger partial charge is 0.381 e. The maximum atomic E-state index is 5.48. The van der Waals surface area contributed by atoms with Crippen LogP contribution < -0.4 is 5.32 Å². The molecule has 0 spiro atoms. The van der Waals surface area contributed by atoms with Gasteiger partial charge in [-0.25, -0.2) is 9.97 Å². The molecule has 1 atom stereocenters. The molecule has 0 saturated heterocycles. The lowest BCUT2D eigenvalue weighted by atomic mass is 9.91. The average molecular weight is 691 g/mol. The first kappa shape index (κ1) is 31.6. The molecule has 54 heavy (non-hydrogen) atoms. The van der Waals surface area contributed by atoms with E-state index in [0.717, 1.165) is 83.0 Å². The van der Waals surface area contributed by atoms with Crippen molar-refractivity contribution in [3.8, 4) is 56.2 Å². The number of hydrogen-bond donors (Lipinski definition) is 1. The smallest absolute Gasteiger partial charge is 0.160 e. The molecule has 0 amide bonds. The van der Waals surface area contributed by atoms with Gasteiger partial charge >= 0.3 is 0 Å². The first-order chi connectivity index (χ1) is 26.7. The Hall–Kier alpha value is -7.17. The van der Waals surface area contributed by atoms with Crippen molar-refractivity contribution in [2.75, 3.05) is 0 Å². The van der Waals surface area contributed by atoms with Crippen molar-refractivity contribution in [2.45, 2.75) is 6.04 Å². The van der Waals surface area contributed by atoms with Gasteiger partial charge in [0.15, 0.2) is 5.82 Å². The van der Waals surface area contributed by atoms with Crippen LogP contribution in [0.4, 0.5) is 0 Å². The monoisotopic (exact) mass is 690 g/mol. The Bertz CT molecular complexity index is 2910. The summed E-state index contributed by atoms with van der Waals surface area (Å²) in [5.74, 6) is 0.684. The van der Waals surface area contributed by atoms with Crippen molar-refractivity contribution in [3.63, 3.8) is 0 Å². The van der Waals surface area contributed by atoms with Crippen LogP contribution in [0.25, 0.3) is 88.6 Å². The van der Waals surface area contributed by atoms with E-state index in [0.29, 0.717) is 5.82 Å². The highest BCUT2D eigenvalue weighted by molar-refractivity contribution is 6.12. The Morgan fingerprint density at radius 3 is 1.96 bits per heavy atom. The van der Waals surface area contributed by atoms with E-state index in [-0.39, 0.29) is 6.04 Å². The maximum absolute atomic E-state index is 5.48. The van der Waals surface area contributed by atoms with Gasteiger partial charge in [0.05, 0.1) is 22.9 Å². The number of hydrogen-bond acceptors (Lipinski definition) is 4. The molecule has 4 nitrogen and oxygen atoms in total. The number of dihydropyridines is 1. The molecule has 1 aliphatic rings. The predicted octanol–water partition coefficient (Wildman–Crippen LogP) is 12.4. The van der Waals surface area contributed by atoms with Gasteiger partial charge in [0, 0.05) is 33.7 Å². The second-order valence-electron chi connectivity index (χ2n) is 13.7. The topological polar surface area (TPSA) is 50.7 Å². The molecule has 254 valence electrons. The molecular weight excluding hydrogens is 657 g/mol. The molecule has 0 fully saturated rings. The van der Waals surface area contributed by atoms with Gasteiger partial charge in [-0.15, -0.1) is 0 Å². The summed E-state index contributed by atoms with van der Waals surface area (Å²) in [5, 5.41) is 9.15. The molecule has 9 aromatic rings. The van der Waals surface area contributed by atoms with Crippen LogP contribution in [0.15, 0.2) is 194 Å². The molecule has 3 heterocycles. The van der Waals surface area contributed by atoms with Crippen molar-refractivity contribution in [2.24, 2.45) is 0 Å². The molecule has 0 saturated carbocycles. The molecule has 1 unspecified atom stereocenters. The van der Waals surface area contributed by atoms with Crippen LogP contribution in [0.1, 0.15) is 11.6 Å². The van der Waals surface area contributed by atoms with Crippen LogP contribution >= 0.6 is 0 Å². The zero-order valence-corrected chi connectivity index (χ0v) is 29.4. The summed E-state index contributed by atoms with van der Waals surface area (Å²) in [6.45, 7) is 0. The molecule has 10 rings (SSSR count). The van der Waals surface area contributed by atoms with Gasteiger partial charge in [-0.2, -0.15) is 0 Å². The van der Waals surface area contributed by atoms with E-state index in [9.17, 15) is 0 Å². The first-order valence-electron chi connectivity index (χ1n) is 18.3. The number of benzene rings is 7. The number of fused-ring (bicyclic) bond motifs is 4. The molecule has 1 N–H and O–H groups in total. The molecule has 4 heteroatoms. The lowest BCUT2D eigenvalue weighted by Crippen LogP contribution is -2.15. The lowest BCUT2D eigenvalue weighted by Gasteiger charge is -2.19. The molecular formula is C50H34N4. The Morgan fingerprint density at radius 1 is 0.463 bits per heavy atom. The number of rotatable bonds is 6. The fourth-order valence-electron chi connectivity index (χ4n) is 7.68. The highest BCUT2D eigenvalue weighted by Gasteiger charge is 2.19. The van der Waals surface area contributed by atoms with E-state index in [2.05, 4.69) is 169 Å². The van der Waals surface area contributed by atoms with E-state index in [1.807, 2.05) is 30.6 Å². The highest BCUT2D eigenvalue weighted by atomic mass is 14.9. The van der Waals surface area contributed by atoms with E-state index in [1.165, 1.54) is 5.39 Å². The second-order valence-corrected chi connectivity index (χ2v) is 13.7. The summed E-state index contributed by atoms with van der Waals surface area (Å²) in [6, 6.07) is 58.1. The minimum Gasteiger partial charge on any atom is -0.381 e. The molecule has 1 aliphatic heterocycles. The maximum Gasteiger partial charge on any atom is 0.160 e. The van der Waals surface area contributed by atoms with Crippen molar-refractivity contribution in [1.82, 2.24) is 20.3 Å². The third-order valence-electron chi connectivity index (χ3n) is 10.3. The Morgan fingerprint density at radius 2 is 1.15 bits per heavy atom. The molecule has 2 aromatic heterocycles. The summed E-state index contributed by atoms with van der Waals surface area (Å²) < 4.78 is 0.